The zero-order valence-electron chi connectivity index (χ0n) is 6.17. The van der Waals surface area contributed by atoms with Crippen LogP contribution in [0.2, 0.25) is 0 Å². The minimum Gasteiger partial charge on any atom is -0.465 e. The molecule has 0 saturated heterocycles. The van der Waals surface area contributed by atoms with Crippen molar-refractivity contribution >= 4 is 5.97 Å². The summed E-state index contributed by atoms with van der Waals surface area (Å²) in [6, 6.07) is 0.520. The molecule has 3 nitrogen and oxygen atoms in total. The Labute approximate surface area is 67.0 Å². The Bertz CT molecular complexity index is 314. The molecular weight excluding hydrogens is 168 g/mol. The summed E-state index contributed by atoms with van der Waals surface area (Å²) in [5.41, 5.74) is -0.376. The van der Waals surface area contributed by atoms with Crippen LogP contribution in [0.4, 0.5) is 8.78 Å². The van der Waals surface area contributed by atoms with Crippen LogP contribution >= 0.6 is 0 Å². The highest BCUT2D eigenvalue weighted by Crippen LogP contribution is 2.07. The van der Waals surface area contributed by atoms with Crippen LogP contribution in [0.25, 0.3) is 0 Å². The van der Waals surface area contributed by atoms with Gasteiger partial charge in [-0.25, -0.2) is 14.2 Å². The molecule has 0 aliphatic rings. The molecule has 0 fully saturated rings. The second-order valence-corrected chi connectivity index (χ2v) is 1.98. The fourth-order valence-electron chi connectivity index (χ4n) is 0.668. The number of rotatable bonds is 1. The topological polar surface area (TPSA) is 39.2 Å². The van der Waals surface area contributed by atoms with E-state index < -0.39 is 17.7 Å². The summed E-state index contributed by atoms with van der Waals surface area (Å²) in [6.45, 7) is 0. The van der Waals surface area contributed by atoms with Crippen molar-refractivity contribution in [1.29, 1.82) is 0 Å². The van der Waals surface area contributed by atoms with Crippen molar-refractivity contribution in [3.8, 4) is 0 Å². The number of methoxy groups -OCH3 is 1. The van der Waals surface area contributed by atoms with Crippen molar-refractivity contribution in [1.82, 2.24) is 4.98 Å². The third kappa shape index (κ3) is 1.55. The van der Waals surface area contributed by atoms with Gasteiger partial charge in [0.25, 0.3) is 0 Å². The van der Waals surface area contributed by atoms with E-state index in [1.807, 2.05) is 0 Å². The van der Waals surface area contributed by atoms with Gasteiger partial charge >= 0.3 is 5.97 Å². The third-order valence-corrected chi connectivity index (χ3v) is 1.23. The average Bonchev–Trinajstić information content (AvgIpc) is 2.03. The van der Waals surface area contributed by atoms with Crippen molar-refractivity contribution in [3.63, 3.8) is 0 Å². The number of halogens is 2. The molecule has 0 saturated carbocycles. The van der Waals surface area contributed by atoms with Gasteiger partial charge in [0.05, 0.1) is 7.11 Å². The number of aromatic nitrogens is 1. The number of carbonyl (C=O) groups is 1. The van der Waals surface area contributed by atoms with Crippen LogP contribution < -0.4 is 0 Å². The van der Waals surface area contributed by atoms with Crippen molar-refractivity contribution < 1.29 is 18.3 Å². The molecule has 1 aromatic heterocycles. The maximum atomic E-state index is 12.7. The molecule has 0 bridgehead atoms. The van der Waals surface area contributed by atoms with Gasteiger partial charge in [-0.3, -0.25) is 0 Å². The minimum atomic E-state index is -0.977. The van der Waals surface area contributed by atoms with E-state index in [9.17, 15) is 13.6 Å². The maximum absolute atomic E-state index is 12.7. The zero-order chi connectivity index (χ0) is 9.14. The van der Waals surface area contributed by atoms with Gasteiger partial charge in [0, 0.05) is 12.3 Å². The molecule has 1 heterocycles. The summed E-state index contributed by atoms with van der Waals surface area (Å²) in [5, 5.41) is 0. The van der Waals surface area contributed by atoms with Gasteiger partial charge < -0.3 is 4.74 Å². The van der Waals surface area contributed by atoms with E-state index in [-0.39, 0.29) is 5.56 Å². The molecule has 0 aliphatic heterocycles. The molecule has 0 spiro atoms. The van der Waals surface area contributed by atoms with E-state index in [2.05, 4.69) is 9.72 Å². The lowest BCUT2D eigenvalue weighted by atomic mass is 10.3. The first-order valence-electron chi connectivity index (χ1n) is 3.04. The zero-order valence-corrected chi connectivity index (χ0v) is 6.17. The van der Waals surface area contributed by atoms with Crippen molar-refractivity contribution in [2.24, 2.45) is 0 Å². The van der Waals surface area contributed by atoms with Gasteiger partial charge in [0.2, 0.25) is 5.95 Å². The first kappa shape index (κ1) is 8.58. The Kier molecular flexibility index (Phi) is 2.32. The Morgan fingerprint density at radius 3 is 2.75 bits per heavy atom. The molecule has 0 N–H and O–H groups in total. The molecule has 0 aliphatic carbocycles. The highest BCUT2D eigenvalue weighted by atomic mass is 19.1. The van der Waals surface area contributed by atoms with Crippen molar-refractivity contribution in [2.45, 2.75) is 0 Å². The Morgan fingerprint density at radius 2 is 2.25 bits per heavy atom. The number of hydrogen-bond acceptors (Lipinski definition) is 3. The maximum Gasteiger partial charge on any atom is 0.342 e. The molecule has 1 aromatic rings. The number of pyridine rings is 1. The first-order chi connectivity index (χ1) is 5.65. The SMILES string of the molecule is COC(=O)c1cnc(F)cc1F. The average molecular weight is 173 g/mol. The van der Waals surface area contributed by atoms with E-state index in [1.54, 1.807) is 0 Å². The number of ether oxygens (including phenoxy) is 1. The predicted octanol–water partition coefficient (Wildman–Crippen LogP) is 1.15. The van der Waals surface area contributed by atoms with Crippen LogP contribution in [-0.2, 0) is 4.74 Å². The summed E-state index contributed by atoms with van der Waals surface area (Å²) in [4.78, 5) is 13.8. The first-order valence-corrected chi connectivity index (χ1v) is 3.04. The van der Waals surface area contributed by atoms with Gasteiger partial charge in [0.15, 0.2) is 0 Å². The number of hydrogen-bond donors (Lipinski definition) is 0. The van der Waals surface area contributed by atoms with E-state index >= 15 is 0 Å². The van der Waals surface area contributed by atoms with Crippen LogP contribution in [0.15, 0.2) is 12.3 Å². The molecule has 12 heavy (non-hydrogen) atoms. The van der Waals surface area contributed by atoms with E-state index in [4.69, 9.17) is 0 Å². The largest absolute Gasteiger partial charge is 0.465 e. The highest BCUT2D eigenvalue weighted by molar-refractivity contribution is 5.89. The highest BCUT2D eigenvalue weighted by Gasteiger charge is 2.12. The fraction of sp³-hybridized carbons (Fsp3) is 0.143. The number of esters is 1. The molecule has 0 aromatic carbocycles. The summed E-state index contributed by atoms with van der Waals surface area (Å²) in [5.74, 6) is -2.82. The van der Waals surface area contributed by atoms with Gasteiger partial charge in [-0.1, -0.05) is 0 Å². The molecule has 5 heteroatoms. The monoisotopic (exact) mass is 173 g/mol. The minimum absolute atomic E-state index is 0.376. The fourth-order valence-corrected chi connectivity index (χ4v) is 0.668. The van der Waals surface area contributed by atoms with Crippen molar-refractivity contribution in [2.75, 3.05) is 7.11 Å². The Balaban J connectivity index is 3.09. The van der Waals surface area contributed by atoms with Crippen LogP contribution in [0.1, 0.15) is 10.4 Å². The van der Waals surface area contributed by atoms with Crippen LogP contribution in [0.5, 0.6) is 0 Å². The van der Waals surface area contributed by atoms with E-state index in [0.717, 1.165) is 13.3 Å². The van der Waals surface area contributed by atoms with E-state index in [1.165, 1.54) is 0 Å². The molecule has 64 valence electrons. The molecular formula is C7H5F2NO2. The van der Waals surface area contributed by atoms with Crippen LogP contribution in [-0.4, -0.2) is 18.1 Å². The second-order valence-electron chi connectivity index (χ2n) is 1.98. The quantitative estimate of drug-likeness (QED) is 0.472. The molecule has 0 radical (unpaired) electrons. The smallest absolute Gasteiger partial charge is 0.342 e. The van der Waals surface area contributed by atoms with Gasteiger partial charge in [-0.15, -0.1) is 0 Å². The third-order valence-electron chi connectivity index (χ3n) is 1.23. The second kappa shape index (κ2) is 3.25. The summed E-state index contributed by atoms with van der Waals surface area (Å²) in [7, 11) is 1.10. The lowest BCUT2D eigenvalue weighted by Gasteiger charge is -1.98. The van der Waals surface area contributed by atoms with E-state index in [0.29, 0.717) is 6.07 Å². The predicted molar refractivity (Wildman–Crippen MR) is 35.5 cm³/mol. The van der Waals surface area contributed by atoms with Gasteiger partial charge in [0.1, 0.15) is 11.4 Å². The van der Waals surface area contributed by atoms with Crippen molar-refractivity contribution in [3.05, 3.63) is 29.6 Å². The molecule has 0 amide bonds. The lowest BCUT2D eigenvalue weighted by molar-refractivity contribution is 0.0594. The molecule has 0 atom stereocenters. The van der Waals surface area contributed by atoms with Gasteiger partial charge in [-0.2, -0.15) is 4.39 Å². The van der Waals surface area contributed by atoms with Crippen LogP contribution in [0, 0.1) is 11.8 Å². The van der Waals surface area contributed by atoms with Gasteiger partial charge in [-0.05, 0) is 0 Å². The molecule has 0 unspecified atom stereocenters. The normalized spacial score (nSPS) is 9.58. The Hall–Kier alpha value is -1.52. The summed E-state index contributed by atoms with van der Waals surface area (Å²) in [6.07, 6.45) is 0.788. The number of carbonyl (C=O) groups excluding carboxylic acids is 1. The van der Waals surface area contributed by atoms with Crippen LogP contribution in [0.3, 0.4) is 0 Å². The molecule has 1 rings (SSSR count). The summed E-state index contributed by atoms with van der Waals surface area (Å²) >= 11 is 0. The Morgan fingerprint density at radius 1 is 1.58 bits per heavy atom. The number of nitrogens with zero attached hydrogens (tertiary/aromatic N) is 1. The standard InChI is InChI=1S/C7H5F2NO2/c1-12-7(11)4-3-10-6(9)2-5(4)8/h2-3H,1H3. The summed E-state index contributed by atoms with van der Waals surface area (Å²) < 4.78 is 29.1. The lowest BCUT2D eigenvalue weighted by Crippen LogP contribution is -2.05.